The number of esters is 1. The van der Waals surface area contributed by atoms with Gasteiger partial charge in [-0.15, -0.1) is 0 Å². The van der Waals surface area contributed by atoms with Gasteiger partial charge < -0.3 is 15.4 Å². The van der Waals surface area contributed by atoms with Crippen molar-refractivity contribution in [2.45, 2.75) is 44.8 Å². The van der Waals surface area contributed by atoms with E-state index in [0.717, 1.165) is 31.2 Å². The van der Waals surface area contributed by atoms with E-state index >= 15 is 0 Å². The Bertz CT molecular complexity index is 671. The fraction of sp³-hybridized carbons (Fsp3) is 0.421. The third kappa shape index (κ3) is 6.30. The number of rotatable bonds is 5. The zero-order valence-corrected chi connectivity index (χ0v) is 14.3. The molecule has 0 aliphatic heterocycles. The Morgan fingerprint density at radius 1 is 1.32 bits per heavy atom. The molecule has 132 valence electrons. The molecule has 1 aromatic rings. The second kappa shape index (κ2) is 9.48. The van der Waals surface area contributed by atoms with Gasteiger partial charge in [-0.25, -0.2) is 9.59 Å². The molecular weight excluding hydrogens is 318 g/mol. The molecule has 1 fully saturated rings. The lowest BCUT2D eigenvalue weighted by molar-refractivity contribution is -0.144. The summed E-state index contributed by atoms with van der Waals surface area (Å²) in [6, 6.07) is 9.06. The van der Waals surface area contributed by atoms with Gasteiger partial charge in [0.1, 0.15) is 6.10 Å². The Kier molecular flexibility index (Phi) is 7.02. The summed E-state index contributed by atoms with van der Waals surface area (Å²) in [4.78, 5) is 23.4. The summed E-state index contributed by atoms with van der Waals surface area (Å²) >= 11 is 0. The van der Waals surface area contributed by atoms with Crippen LogP contribution in [0.4, 0.5) is 4.79 Å². The molecule has 1 aliphatic rings. The molecule has 2 rings (SSSR count). The number of nitrogens with one attached hydrogen (secondary N) is 2. The topological polar surface area (TPSA) is 91.2 Å². The first kappa shape index (κ1) is 18.5. The fourth-order valence-electron chi connectivity index (χ4n) is 2.80. The molecule has 1 saturated carbocycles. The Hall–Kier alpha value is -2.81. The molecule has 1 aromatic carbocycles. The van der Waals surface area contributed by atoms with Gasteiger partial charge in [0.2, 0.25) is 0 Å². The zero-order chi connectivity index (χ0) is 18.1. The van der Waals surface area contributed by atoms with Crippen LogP contribution in [0.3, 0.4) is 0 Å². The molecule has 0 atom stereocenters. The average Bonchev–Trinajstić information content (AvgIpc) is 2.62. The van der Waals surface area contributed by atoms with Crippen LogP contribution in [0, 0.1) is 11.3 Å². The summed E-state index contributed by atoms with van der Waals surface area (Å²) < 4.78 is 5.45. The highest BCUT2D eigenvalue weighted by Gasteiger charge is 2.24. The van der Waals surface area contributed by atoms with Crippen LogP contribution in [0.1, 0.15) is 43.7 Å². The number of benzene rings is 1. The Balaban J connectivity index is 1.75. The van der Waals surface area contributed by atoms with Gasteiger partial charge >= 0.3 is 12.0 Å². The van der Waals surface area contributed by atoms with Crippen molar-refractivity contribution in [2.24, 2.45) is 0 Å². The smallest absolute Gasteiger partial charge is 0.331 e. The molecule has 0 saturated heterocycles. The number of hydrogen-bond acceptors (Lipinski definition) is 4. The molecule has 6 heteroatoms. The molecule has 25 heavy (non-hydrogen) atoms. The monoisotopic (exact) mass is 341 g/mol. The number of urea groups is 1. The minimum atomic E-state index is -0.387. The summed E-state index contributed by atoms with van der Waals surface area (Å²) in [5.41, 5.74) is 1.33. The number of nitrogens with zero attached hydrogens (tertiary/aromatic N) is 1. The van der Waals surface area contributed by atoms with Crippen molar-refractivity contribution in [2.75, 3.05) is 6.54 Å². The van der Waals surface area contributed by atoms with E-state index in [0.29, 0.717) is 12.1 Å². The molecule has 0 radical (unpaired) electrons. The van der Waals surface area contributed by atoms with Crippen molar-refractivity contribution in [1.82, 2.24) is 10.6 Å². The van der Waals surface area contributed by atoms with E-state index in [1.54, 1.807) is 24.3 Å². The van der Waals surface area contributed by atoms with E-state index in [1.165, 1.54) is 6.08 Å². The Morgan fingerprint density at radius 2 is 2.08 bits per heavy atom. The number of ether oxygens (including phenoxy) is 1. The lowest BCUT2D eigenvalue weighted by Crippen LogP contribution is -2.44. The molecule has 1 aliphatic carbocycles. The predicted molar refractivity (Wildman–Crippen MR) is 94.5 cm³/mol. The third-order valence-electron chi connectivity index (χ3n) is 4.06. The third-order valence-corrected chi connectivity index (χ3v) is 4.06. The highest BCUT2D eigenvalue weighted by Crippen LogP contribution is 2.21. The minimum absolute atomic E-state index is 0.116. The summed E-state index contributed by atoms with van der Waals surface area (Å²) in [5, 5.41) is 14.5. The highest BCUT2D eigenvalue weighted by atomic mass is 16.5. The fourth-order valence-corrected chi connectivity index (χ4v) is 2.80. The summed E-state index contributed by atoms with van der Waals surface area (Å²) in [6.45, 7) is 2.47. The lowest BCUT2D eigenvalue weighted by atomic mass is 9.93. The summed E-state index contributed by atoms with van der Waals surface area (Å²) in [5.74, 6) is -0.387. The Labute approximate surface area is 147 Å². The van der Waals surface area contributed by atoms with Crippen LogP contribution in [-0.4, -0.2) is 30.7 Å². The maximum Gasteiger partial charge on any atom is 0.331 e. The van der Waals surface area contributed by atoms with E-state index in [9.17, 15) is 9.59 Å². The first-order chi connectivity index (χ1) is 12.1. The SMILES string of the molecule is CCNC(=O)NC1CCC(OC(=O)/C=C/c2cccc(C#N)c2)CC1. The molecular formula is C19H23N3O3. The van der Waals surface area contributed by atoms with Crippen LogP contribution in [0.2, 0.25) is 0 Å². The van der Waals surface area contributed by atoms with Crippen LogP contribution < -0.4 is 10.6 Å². The number of amides is 2. The Morgan fingerprint density at radius 3 is 2.76 bits per heavy atom. The minimum Gasteiger partial charge on any atom is -0.459 e. The normalized spacial score (nSPS) is 19.8. The van der Waals surface area contributed by atoms with Gasteiger partial charge in [0.05, 0.1) is 11.6 Å². The molecule has 0 heterocycles. The average molecular weight is 341 g/mol. The van der Waals surface area contributed by atoms with Crippen molar-refractivity contribution >= 4 is 18.1 Å². The van der Waals surface area contributed by atoms with E-state index < -0.39 is 0 Å². The molecule has 0 aromatic heterocycles. The number of carbonyl (C=O) groups excluding carboxylic acids is 2. The van der Waals surface area contributed by atoms with Crippen molar-refractivity contribution in [3.63, 3.8) is 0 Å². The van der Waals surface area contributed by atoms with E-state index in [-0.39, 0.29) is 24.1 Å². The molecule has 2 amide bonds. The van der Waals surface area contributed by atoms with Crippen LogP contribution in [0.15, 0.2) is 30.3 Å². The van der Waals surface area contributed by atoms with Crippen molar-refractivity contribution in [1.29, 1.82) is 5.26 Å². The van der Waals surface area contributed by atoms with Gasteiger partial charge in [-0.05, 0) is 56.4 Å². The first-order valence-corrected chi connectivity index (χ1v) is 8.54. The molecule has 0 bridgehead atoms. The second-order valence-corrected chi connectivity index (χ2v) is 5.98. The lowest BCUT2D eigenvalue weighted by Gasteiger charge is -2.28. The van der Waals surface area contributed by atoms with Crippen molar-refractivity contribution in [3.8, 4) is 6.07 Å². The summed E-state index contributed by atoms with van der Waals surface area (Å²) in [7, 11) is 0. The van der Waals surface area contributed by atoms with Gasteiger partial charge in [-0.3, -0.25) is 0 Å². The largest absolute Gasteiger partial charge is 0.459 e. The van der Waals surface area contributed by atoms with Gasteiger partial charge in [-0.2, -0.15) is 5.26 Å². The number of hydrogen-bond donors (Lipinski definition) is 2. The first-order valence-electron chi connectivity index (χ1n) is 8.54. The molecule has 0 spiro atoms. The van der Waals surface area contributed by atoms with E-state index in [4.69, 9.17) is 10.00 Å². The van der Waals surface area contributed by atoms with Crippen LogP contribution >= 0.6 is 0 Å². The molecule has 0 unspecified atom stereocenters. The van der Waals surface area contributed by atoms with Crippen molar-refractivity contribution in [3.05, 3.63) is 41.5 Å². The van der Waals surface area contributed by atoms with Crippen LogP contribution in [-0.2, 0) is 9.53 Å². The van der Waals surface area contributed by atoms with Gasteiger partial charge in [-0.1, -0.05) is 12.1 Å². The van der Waals surface area contributed by atoms with Gasteiger partial charge in [0, 0.05) is 18.7 Å². The summed E-state index contributed by atoms with van der Waals surface area (Å²) in [6.07, 6.45) is 5.98. The predicted octanol–water partition coefficient (Wildman–Crippen LogP) is 2.74. The van der Waals surface area contributed by atoms with Crippen LogP contribution in [0.25, 0.3) is 6.08 Å². The van der Waals surface area contributed by atoms with Gasteiger partial charge in [0.25, 0.3) is 0 Å². The standard InChI is InChI=1S/C19H23N3O3/c1-2-21-19(24)22-16-7-9-17(10-8-16)25-18(23)11-6-14-4-3-5-15(12-14)13-20/h3-6,11-12,16-17H,2,7-10H2,1H3,(H2,21,22,24)/b11-6+. The van der Waals surface area contributed by atoms with E-state index in [2.05, 4.69) is 16.7 Å². The van der Waals surface area contributed by atoms with E-state index in [1.807, 2.05) is 13.0 Å². The van der Waals surface area contributed by atoms with Gasteiger partial charge in [0.15, 0.2) is 0 Å². The molecule has 6 nitrogen and oxygen atoms in total. The quantitative estimate of drug-likeness (QED) is 0.636. The zero-order valence-electron chi connectivity index (χ0n) is 14.3. The number of carbonyl (C=O) groups is 2. The van der Waals surface area contributed by atoms with Crippen LogP contribution in [0.5, 0.6) is 0 Å². The number of nitriles is 1. The maximum absolute atomic E-state index is 11.9. The van der Waals surface area contributed by atoms with Crippen molar-refractivity contribution < 1.29 is 14.3 Å². The highest BCUT2D eigenvalue weighted by molar-refractivity contribution is 5.87. The molecule has 2 N–H and O–H groups in total. The second-order valence-electron chi connectivity index (χ2n) is 5.98. The maximum atomic E-state index is 11.9.